The molecule has 0 radical (unpaired) electrons. The summed E-state index contributed by atoms with van der Waals surface area (Å²) < 4.78 is 5.04. The molecule has 1 heterocycles. The molecule has 3 rings (SSSR count). The van der Waals surface area contributed by atoms with Gasteiger partial charge >= 0.3 is 12.0 Å². The highest BCUT2D eigenvalue weighted by molar-refractivity contribution is 6.07. The van der Waals surface area contributed by atoms with Gasteiger partial charge in [0, 0.05) is 12.2 Å². The zero-order chi connectivity index (χ0) is 21.7. The van der Waals surface area contributed by atoms with Crippen LogP contribution in [0.1, 0.15) is 56.6 Å². The molecule has 0 aromatic heterocycles. The molecule has 2 N–H and O–H groups in total. The van der Waals surface area contributed by atoms with Crippen molar-refractivity contribution < 1.29 is 23.9 Å². The molecule has 1 saturated carbocycles. The SMILES string of the molecule is CCc1cccc(C)c1NC(=O)COC(=O)CCN1C(=O)NC2(CCCCC2)C1=O. The number of nitrogens with one attached hydrogen (secondary N) is 2. The van der Waals surface area contributed by atoms with Gasteiger partial charge in [-0.3, -0.25) is 19.3 Å². The van der Waals surface area contributed by atoms with Crippen LogP contribution in [0.3, 0.4) is 0 Å². The Labute approximate surface area is 176 Å². The van der Waals surface area contributed by atoms with Crippen molar-refractivity contribution in [3.8, 4) is 0 Å². The number of esters is 1. The van der Waals surface area contributed by atoms with Crippen molar-refractivity contribution in [2.24, 2.45) is 0 Å². The maximum atomic E-state index is 12.7. The molecule has 2 fully saturated rings. The standard InChI is InChI=1S/C22H29N3O5/c1-3-16-9-7-8-15(2)19(16)23-17(26)14-30-18(27)10-13-25-20(28)22(24-21(25)29)11-5-4-6-12-22/h7-9H,3-6,10-14H2,1-2H3,(H,23,26)(H,24,29). The molecule has 2 aliphatic rings. The fraction of sp³-hybridized carbons (Fsp3) is 0.545. The number of hydrogen-bond acceptors (Lipinski definition) is 5. The molecule has 30 heavy (non-hydrogen) atoms. The van der Waals surface area contributed by atoms with E-state index in [0.717, 1.165) is 47.4 Å². The van der Waals surface area contributed by atoms with Gasteiger partial charge in [0.05, 0.1) is 6.42 Å². The zero-order valence-corrected chi connectivity index (χ0v) is 17.6. The van der Waals surface area contributed by atoms with Gasteiger partial charge in [-0.25, -0.2) is 4.79 Å². The third kappa shape index (κ3) is 4.63. The Morgan fingerprint density at radius 1 is 1.20 bits per heavy atom. The molecule has 1 aromatic rings. The van der Waals surface area contributed by atoms with Crippen LogP contribution >= 0.6 is 0 Å². The van der Waals surface area contributed by atoms with Crippen molar-refractivity contribution in [1.82, 2.24) is 10.2 Å². The van der Waals surface area contributed by atoms with Gasteiger partial charge in [0.1, 0.15) is 5.54 Å². The Morgan fingerprint density at radius 2 is 1.93 bits per heavy atom. The van der Waals surface area contributed by atoms with Crippen molar-refractivity contribution in [1.29, 1.82) is 0 Å². The molecule has 0 unspecified atom stereocenters. The van der Waals surface area contributed by atoms with E-state index >= 15 is 0 Å². The van der Waals surface area contributed by atoms with Crippen molar-refractivity contribution in [2.45, 2.75) is 64.3 Å². The highest BCUT2D eigenvalue weighted by atomic mass is 16.5. The van der Waals surface area contributed by atoms with Crippen molar-refractivity contribution >= 4 is 29.5 Å². The Balaban J connectivity index is 1.47. The average Bonchev–Trinajstić information content (AvgIpc) is 2.95. The summed E-state index contributed by atoms with van der Waals surface area (Å²) in [6.07, 6.45) is 4.75. The Hall–Kier alpha value is -2.90. The quantitative estimate of drug-likeness (QED) is 0.526. The zero-order valence-electron chi connectivity index (χ0n) is 17.6. The minimum absolute atomic E-state index is 0.0509. The predicted molar refractivity (Wildman–Crippen MR) is 111 cm³/mol. The first-order valence-corrected chi connectivity index (χ1v) is 10.5. The Bertz CT molecular complexity index is 845. The summed E-state index contributed by atoms with van der Waals surface area (Å²) in [4.78, 5) is 50.2. The van der Waals surface area contributed by atoms with Crippen molar-refractivity contribution in [3.63, 3.8) is 0 Å². The third-order valence-corrected chi connectivity index (χ3v) is 5.86. The van der Waals surface area contributed by atoms with Crippen LogP contribution in [-0.4, -0.2) is 47.4 Å². The molecule has 1 spiro atoms. The summed E-state index contributed by atoms with van der Waals surface area (Å²) in [7, 11) is 0. The van der Waals surface area contributed by atoms with Crippen molar-refractivity contribution in [3.05, 3.63) is 29.3 Å². The predicted octanol–water partition coefficient (Wildman–Crippen LogP) is 2.68. The van der Waals surface area contributed by atoms with Gasteiger partial charge in [-0.2, -0.15) is 0 Å². The summed E-state index contributed by atoms with van der Waals surface area (Å²) in [6.45, 7) is 3.43. The van der Waals surface area contributed by atoms with E-state index in [1.54, 1.807) is 0 Å². The highest BCUT2D eigenvalue weighted by Crippen LogP contribution is 2.33. The summed E-state index contributed by atoms with van der Waals surface area (Å²) >= 11 is 0. The number of aryl methyl sites for hydroxylation is 2. The van der Waals surface area contributed by atoms with Gasteiger partial charge in [-0.1, -0.05) is 44.4 Å². The van der Waals surface area contributed by atoms with E-state index in [2.05, 4.69) is 10.6 Å². The topological polar surface area (TPSA) is 105 Å². The van der Waals surface area contributed by atoms with Crippen LogP contribution in [0.5, 0.6) is 0 Å². The van der Waals surface area contributed by atoms with E-state index in [-0.39, 0.29) is 18.9 Å². The molecule has 8 heteroatoms. The van der Waals surface area contributed by atoms with Crippen LogP contribution in [0.15, 0.2) is 18.2 Å². The van der Waals surface area contributed by atoms with Gasteiger partial charge in [0.25, 0.3) is 11.8 Å². The molecule has 0 bridgehead atoms. The Kier molecular flexibility index (Phi) is 6.74. The van der Waals surface area contributed by atoms with Crippen LogP contribution in [0, 0.1) is 6.92 Å². The van der Waals surface area contributed by atoms with Crippen LogP contribution in [0.4, 0.5) is 10.5 Å². The summed E-state index contributed by atoms with van der Waals surface area (Å²) in [5, 5.41) is 5.60. The molecule has 162 valence electrons. The number of nitrogens with zero attached hydrogens (tertiary/aromatic N) is 1. The maximum absolute atomic E-state index is 12.7. The van der Waals surface area contributed by atoms with Crippen LogP contribution in [0.25, 0.3) is 0 Å². The number of hydrogen-bond donors (Lipinski definition) is 2. The van der Waals surface area contributed by atoms with Gasteiger partial charge in [0.15, 0.2) is 6.61 Å². The lowest BCUT2D eigenvalue weighted by Crippen LogP contribution is -2.48. The maximum Gasteiger partial charge on any atom is 0.325 e. The summed E-state index contributed by atoms with van der Waals surface area (Å²) in [6, 6.07) is 5.31. The first kappa shape index (κ1) is 21.8. The molecule has 1 aliphatic heterocycles. The smallest absolute Gasteiger partial charge is 0.325 e. The molecular formula is C22H29N3O5. The minimum Gasteiger partial charge on any atom is -0.456 e. The fourth-order valence-corrected chi connectivity index (χ4v) is 4.17. The largest absolute Gasteiger partial charge is 0.456 e. The highest BCUT2D eigenvalue weighted by Gasteiger charge is 2.51. The number of carbonyl (C=O) groups excluding carboxylic acids is 4. The second-order valence-electron chi connectivity index (χ2n) is 7.95. The number of para-hydroxylation sites is 1. The number of rotatable bonds is 7. The molecular weight excluding hydrogens is 386 g/mol. The molecule has 8 nitrogen and oxygen atoms in total. The molecule has 1 aromatic carbocycles. The third-order valence-electron chi connectivity index (χ3n) is 5.86. The summed E-state index contributed by atoms with van der Waals surface area (Å²) in [5.41, 5.74) is 1.87. The van der Waals surface area contributed by atoms with Gasteiger partial charge in [0.2, 0.25) is 0 Å². The minimum atomic E-state index is -0.802. The van der Waals surface area contributed by atoms with Gasteiger partial charge in [-0.05, 0) is 37.3 Å². The average molecular weight is 415 g/mol. The van der Waals surface area contributed by atoms with E-state index in [1.807, 2.05) is 32.0 Å². The van der Waals surface area contributed by atoms with Crippen molar-refractivity contribution in [2.75, 3.05) is 18.5 Å². The molecule has 1 aliphatic carbocycles. The first-order valence-electron chi connectivity index (χ1n) is 10.5. The van der Waals surface area contributed by atoms with E-state index in [9.17, 15) is 19.2 Å². The summed E-state index contributed by atoms with van der Waals surface area (Å²) in [5.74, 6) is -1.32. The van der Waals surface area contributed by atoms with E-state index < -0.39 is 30.1 Å². The van der Waals surface area contributed by atoms with E-state index in [4.69, 9.17) is 4.74 Å². The Morgan fingerprint density at radius 3 is 2.63 bits per heavy atom. The van der Waals surface area contributed by atoms with Crippen LogP contribution in [0.2, 0.25) is 0 Å². The number of anilines is 1. The second kappa shape index (κ2) is 9.28. The number of imide groups is 1. The van der Waals surface area contributed by atoms with Gasteiger partial charge < -0.3 is 15.4 Å². The number of amides is 4. The number of urea groups is 1. The fourth-order valence-electron chi connectivity index (χ4n) is 4.17. The van der Waals surface area contributed by atoms with Crippen LogP contribution < -0.4 is 10.6 Å². The molecule has 1 saturated heterocycles. The van der Waals surface area contributed by atoms with Gasteiger partial charge in [-0.15, -0.1) is 0 Å². The molecule has 4 amide bonds. The lowest BCUT2D eigenvalue weighted by atomic mass is 9.82. The molecule has 0 atom stereocenters. The number of benzene rings is 1. The normalized spacial score (nSPS) is 17.7. The monoisotopic (exact) mass is 415 g/mol. The number of ether oxygens (including phenoxy) is 1. The van der Waals surface area contributed by atoms with E-state index in [1.165, 1.54) is 0 Å². The van der Waals surface area contributed by atoms with Crippen LogP contribution in [-0.2, 0) is 25.5 Å². The lowest BCUT2D eigenvalue weighted by Gasteiger charge is -2.30. The lowest BCUT2D eigenvalue weighted by molar-refractivity contribution is -0.147. The van der Waals surface area contributed by atoms with E-state index in [0.29, 0.717) is 12.8 Å². The first-order chi connectivity index (χ1) is 14.4. The number of carbonyl (C=O) groups is 4. The second-order valence-corrected chi connectivity index (χ2v) is 7.95.